The smallest absolute Gasteiger partial charge is 0.251 e. The highest BCUT2D eigenvalue weighted by molar-refractivity contribution is 7.89. The van der Waals surface area contributed by atoms with Gasteiger partial charge in [0.1, 0.15) is 11.9 Å². The molecule has 0 bridgehead atoms. The van der Waals surface area contributed by atoms with Gasteiger partial charge >= 0.3 is 0 Å². The van der Waals surface area contributed by atoms with Gasteiger partial charge in [0.15, 0.2) is 0 Å². The summed E-state index contributed by atoms with van der Waals surface area (Å²) in [6.07, 6.45) is 2.49. The van der Waals surface area contributed by atoms with Crippen LogP contribution in [0, 0.1) is 11.7 Å². The van der Waals surface area contributed by atoms with Crippen LogP contribution in [-0.4, -0.2) is 69.6 Å². The number of ether oxygens (including phenoxy) is 1. The molecule has 1 saturated heterocycles. The maximum Gasteiger partial charge on any atom is 0.251 e. The van der Waals surface area contributed by atoms with Crippen LogP contribution in [-0.2, 0) is 19.6 Å². The van der Waals surface area contributed by atoms with Gasteiger partial charge in [0.05, 0.1) is 18.1 Å². The lowest BCUT2D eigenvalue weighted by Gasteiger charge is -2.35. The van der Waals surface area contributed by atoms with Gasteiger partial charge in [-0.05, 0) is 74.7 Å². The molecule has 1 atom stereocenters. The van der Waals surface area contributed by atoms with Gasteiger partial charge < -0.3 is 15.4 Å². The van der Waals surface area contributed by atoms with Crippen molar-refractivity contribution < 1.29 is 27.1 Å². The van der Waals surface area contributed by atoms with E-state index >= 15 is 0 Å². The Labute approximate surface area is 223 Å². The second-order valence-electron chi connectivity index (χ2n) is 10.6. The first-order chi connectivity index (χ1) is 18.0. The molecule has 0 spiro atoms. The third-order valence-electron chi connectivity index (χ3n) is 6.56. The quantitative estimate of drug-likeness (QED) is 0.399. The fraction of sp³-hybridized carbons (Fsp3) is 0.481. The van der Waals surface area contributed by atoms with Crippen molar-refractivity contribution in [3.63, 3.8) is 0 Å². The summed E-state index contributed by atoms with van der Waals surface area (Å²) in [7, 11) is -3.79. The lowest BCUT2D eigenvalue weighted by molar-refractivity contribution is -0.118. The Kier molecular flexibility index (Phi) is 8.81. The molecule has 11 heteroatoms. The number of hydrogen-bond acceptors (Lipinski definition) is 6. The van der Waals surface area contributed by atoms with E-state index in [0.29, 0.717) is 37.8 Å². The van der Waals surface area contributed by atoms with Crippen LogP contribution >= 0.6 is 0 Å². The van der Waals surface area contributed by atoms with Crippen molar-refractivity contribution in [3.05, 3.63) is 59.9 Å². The van der Waals surface area contributed by atoms with Gasteiger partial charge in [0, 0.05) is 36.4 Å². The van der Waals surface area contributed by atoms with Crippen molar-refractivity contribution >= 4 is 27.5 Å². The van der Waals surface area contributed by atoms with E-state index in [0.717, 1.165) is 25.9 Å². The molecule has 3 N–H and O–H groups in total. The zero-order valence-electron chi connectivity index (χ0n) is 21.7. The first-order valence-corrected chi connectivity index (χ1v) is 14.3. The molecule has 0 aromatic heterocycles. The largest absolute Gasteiger partial charge is 0.379 e. The van der Waals surface area contributed by atoms with Crippen LogP contribution in [0.4, 0.5) is 10.1 Å². The second kappa shape index (κ2) is 11.9. The van der Waals surface area contributed by atoms with E-state index < -0.39 is 39.2 Å². The summed E-state index contributed by atoms with van der Waals surface area (Å²) in [4.78, 5) is 27.9. The number of rotatable bonds is 11. The molecular weight excluding hydrogens is 511 g/mol. The van der Waals surface area contributed by atoms with Crippen LogP contribution in [0.5, 0.6) is 0 Å². The number of hydrogen-bond donors (Lipinski definition) is 3. The van der Waals surface area contributed by atoms with E-state index in [1.807, 2.05) is 13.8 Å². The molecule has 0 radical (unpaired) electrons. The summed E-state index contributed by atoms with van der Waals surface area (Å²) in [6.45, 7) is 7.01. The Morgan fingerprint density at radius 2 is 1.68 bits per heavy atom. The lowest BCUT2D eigenvalue weighted by atomic mass is 10.1. The minimum Gasteiger partial charge on any atom is -0.379 e. The maximum atomic E-state index is 13.2. The lowest BCUT2D eigenvalue weighted by Crippen LogP contribution is -2.53. The molecule has 1 heterocycles. The summed E-state index contributed by atoms with van der Waals surface area (Å²) in [5, 5.41) is 5.52. The predicted molar refractivity (Wildman–Crippen MR) is 142 cm³/mol. The van der Waals surface area contributed by atoms with Gasteiger partial charge in [-0.15, -0.1) is 0 Å². The van der Waals surface area contributed by atoms with Crippen LogP contribution in [0.25, 0.3) is 0 Å². The molecule has 1 saturated carbocycles. The van der Waals surface area contributed by atoms with Crippen LogP contribution in [0.15, 0.2) is 53.4 Å². The Bertz CT molecular complexity index is 1230. The van der Waals surface area contributed by atoms with E-state index in [-0.39, 0.29) is 10.5 Å². The summed E-state index contributed by atoms with van der Waals surface area (Å²) < 4.78 is 47.4. The molecule has 2 aromatic rings. The number of nitrogens with one attached hydrogen (secondary N) is 3. The Hall–Kier alpha value is -2.86. The van der Waals surface area contributed by atoms with Gasteiger partial charge in [-0.25, -0.2) is 17.5 Å². The highest BCUT2D eigenvalue weighted by Crippen LogP contribution is 2.34. The molecule has 2 aromatic carbocycles. The zero-order valence-corrected chi connectivity index (χ0v) is 22.5. The summed E-state index contributed by atoms with van der Waals surface area (Å²) in [6, 6.07) is 10.3. The number of amides is 2. The van der Waals surface area contributed by atoms with E-state index in [1.54, 1.807) is 0 Å². The minimum absolute atomic E-state index is 0.0877. The minimum atomic E-state index is -3.79. The van der Waals surface area contributed by atoms with Crippen molar-refractivity contribution in [3.8, 4) is 0 Å². The number of benzene rings is 2. The summed E-state index contributed by atoms with van der Waals surface area (Å²) in [5.41, 5.74) is -0.0149. The summed E-state index contributed by atoms with van der Waals surface area (Å²) in [5.74, 6) is -0.945. The average Bonchev–Trinajstić information content (AvgIpc) is 3.68. The topological polar surface area (TPSA) is 117 Å². The Morgan fingerprint density at radius 1 is 1.05 bits per heavy atom. The first-order valence-electron chi connectivity index (χ1n) is 12.8. The van der Waals surface area contributed by atoms with Crippen molar-refractivity contribution in [1.82, 2.24) is 14.9 Å². The van der Waals surface area contributed by atoms with E-state index in [4.69, 9.17) is 4.74 Å². The van der Waals surface area contributed by atoms with Gasteiger partial charge in [-0.2, -0.15) is 0 Å². The van der Waals surface area contributed by atoms with Crippen molar-refractivity contribution in [2.75, 3.05) is 38.2 Å². The number of carbonyl (C=O) groups is 2. The van der Waals surface area contributed by atoms with Crippen molar-refractivity contribution in [2.45, 2.75) is 49.6 Å². The second-order valence-corrected chi connectivity index (χ2v) is 12.3. The molecule has 2 fully saturated rings. The molecule has 38 heavy (non-hydrogen) atoms. The number of anilines is 1. The molecule has 1 aliphatic heterocycles. The molecule has 2 amide bonds. The normalized spacial score (nSPS) is 17.6. The van der Waals surface area contributed by atoms with Gasteiger partial charge in [0.25, 0.3) is 5.91 Å². The Balaban J connectivity index is 1.37. The van der Waals surface area contributed by atoms with Crippen LogP contribution in [0.3, 0.4) is 0 Å². The van der Waals surface area contributed by atoms with Crippen LogP contribution in [0.1, 0.15) is 43.5 Å². The van der Waals surface area contributed by atoms with Gasteiger partial charge in [-0.3, -0.25) is 14.5 Å². The van der Waals surface area contributed by atoms with E-state index in [9.17, 15) is 22.4 Å². The highest BCUT2D eigenvalue weighted by Gasteiger charge is 2.31. The number of halogens is 1. The number of sulfonamides is 1. The molecule has 4 rings (SSSR count). The molecule has 9 nitrogen and oxygen atoms in total. The molecular formula is C27H35FN4O5S. The third kappa shape index (κ3) is 8.07. The van der Waals surface area contributed by atoms with Crippen molar-refractivity contribution in [1.29, 1.82) is 0 Å². The summed E-state index contributed by atoms with van der Waals surface area (Å²) >= 11 is 0. The molecule has 206 valence electrons. The molecule has 1 aliphatic carbocycles. The molecule has 0 unspecified atom stereocenters. The zero-order chi connectivity index (χ0) is 27.3. The van der Waals surface area contributed by atoms with E-state index in [2.05, 4.69) is 20.3 Å². The van der Waals surface area contributed by atoms with Crippen molar-refractivity contribution in [2.24, 2.45) is 5.92 Å². The first kappa shape index (κ1) is 28.2. The third-order valence-corrected chi connectivity index (χ3v) is 8.27. The fourth-order valence-electron chi connectivity index (χ4n) is 4.48. The number of carbonyl (C=O) groups excluding carboxylic acids is 2. The average molecular weight is 547 g/mol. The maximum absolute atomic E-state index is 13.2. The fourth-order valence-corrected chi connectivity index (χ4v) is 5.89. The Morgan fingerprint density at radius 3 is 2.29 bits per heavy atom. The van der Waals surface area contributed by atoms with Crippen LogP contribution < -0.4 is 15.4 Å². The monoisotopic (exact) mass is 546 g/mol. The number of nitrogens with zero attached hydrogens (tertiary/aromatic N) is 1. The standard InChI is InChI=1S/C27H35FN4O5S/c1-27(2,18-32-13-15-37-16-14-32)31-38(35,36)23-11-9-22(10-12-23)29-26(34)24(17-19-3-4-19)30-25(33)20-5-7-21(28)8-6-20/h5-12,19,24,31H,3-4,13-18H2,1-2H3,(H,29,34)(H,30,33)/t24-/m0/s1. The van der Waals surface area contributed by atoms with Gasteiger partial charge in [-0.1, -0.05) is 12.8 Å². The predicted octanol–water partition coefficient (Wildman–Crippen LogP) is 2.75. The van der Waals surface area contributed by atoms with Crippen LogP contribution in [0.2, 0.25) is 0 Å². The van der Waals surface area contributed by atoms with Gasteiger partial charge in [0.2, 0.25) is 15.9 Å². The molecule has 2 aliphatic rings. The number of morpholine rings is 1. The highest BCUT2D eigenvalue weighted by atomic mass is 32.2. The SMILES string of the molecule is CC(C)(CN1CCOCC1)NS(=O)(=O)c1ccc(NC(=O)[C@H](CC2CC2)NC(=O)c2ccc(F)cc2)cc1. The van der Waals surface area contributed by atoms with E-state index in [1.165, 1.54) is 48.5 Å².